The van der Waals surface area contributed by atoms with E-state index in [0.717, 1.165) is 5.16 Å². The lowest BCUT2D eigenvalue weighted by molar-refractivity contribution is 0.218. The van der Waals surface area contributed by atoms with Crippen LogP contribution in [-0.2, 0) is 0 Å². The SMILES string of the molecule is CNC1CCC(C)(C)CC1Sc1ncc[nH]1. The van der Waals surface area contributed by atoms with Crippen LogP contribution in [-0.4, -0.2) is 28.3 Å². The molecule has 2 N–H and O–H groups in total. The van der Waals surface area contributed by atoms with E-state index in [1.807, 2.05) is 24.2 Å². The number of nitrogens with one attached hydrogen (secondary N) is 2. The molecule has 0 spiro atoms. The summed E-state index contributed by atoms with van der Waals surface area (Å²) in [5.74, 6) is 0. The Morgan fingerprint density at radius 3 is 3.00 bits per heavy atom. The van der Waals surface area contributed by atoms with E-state index in [1.54, 1.807) is 0 Å². The van der Waals surface area contributed by atoms with Crippen LogP contribution >= 0.6 is 11.8 Å². The Bertz CT molecular complexity index is 321. The second-order valence-electron chi connectivity index (χ2n) is 5.35. The van der Waals surface area contributed by atoms with E-state index in [0.29, 0.717) is 16.7 Å². The Morgan fingerprint density at radius 1 is 1.56 bits per heavy atom. The van der Waals surface area contributed by atoms with E-state index < -0.39 is 0 Å². The van der Waals surface area contributed by atoms with Gasteiger partial charge >= 0.3 is 0 Å². The summed E-state index contributed by atoms with van der Waals surface area (Å²) < 4.78 is 0. The molecule has 0 amide bonds. The van der Waals surface area contributed by atoms with Gasteiger partial charge in [-0.3, -0.25) is 0 Å². The molecule has 0 bridgehead atoms. The van der Waals surface area contributed by atoms with Crippen molar-refractivity contribution in [3.63, 3.8) is 0 Å². The summed E-state index contributed by atoms with van der Waals surface area (Å²) in [7, 11) is 2.07. The predicted octanol–water partition coefficient (Wildman–Crippen LogP) is 2.67. The Balaban J connectivity index is 2.03. The van der Waals surface area contributed by atoms with E-state index in [2.05, 4.69) is 36.2 Å². The van der Waals surface area contributed by atoms with Crippen molar-refractivity contribution in [3.05, 3.63) is 12.4 Å². The Labute approximate surface area is 102 Å². The van der Waals surface area contributed by atoms with Gasteiger partial charge in [0.2, 0.25) is 0 Å². The second kappa shape index (κ2) is 4.80. The molecule has 2 unspecified atom stereocenters. The molecule has 90 valence electrons. The molecule has 16 heavy (non-hydrogen) atoms. The zero-order chi connectivity index (χ0) is 11.6. The fourth-order valence-electron chi connectivity index (χ4n) is 2.43. The smallest absolute Gasteiger partial charge is 0.165 e. The van der Waals surface area contributed by atoms with Gasteiger partial charge in [0.25, 0.3) is 0 Å². The zero-order valence-electron chi connectivity index (χ0n) is 10.3. The number of thioether (sulfide) groups is 1. The third kappa shape index (κ3) is 2.80. The van der Waals surface area contributed by atoms with E-state index in [-0.39, 0.29) is 0 Å². The lowest BCUT2D eigenvalue weighted by Gasteiger charge is -2.40. The number of aromatic amines is 1. The minimum atomic E-state index is 0.470. The van der Waals surface area contributed by atoms with Gasteiger partial charge in [-0.2, -0.15) is 0 Å². The van der Waals surface area contributed by atoms with Crippen molar-refractivity contribution in [1.82, 2.24) is 15.3 Å². The normalized spacial score (nSPS) is 29.2. The molecule has 3 nitrogen and oxygen atoms in total. The standard InChI is InChI=1S/C12H21N3S/c1-12(2)5-4-9(13-3)10(8-12)16-11-14-6-7-15-11/h6-7,9-10,13H,4-5,8H2,1-3H3,(H,14,15). The summed E-state index contributed by atoms with van der Waals surface area (Å²) in [6.45, 7) is 4.74. The third-order valence-electron chi connectivity index (χ3n) is 3.44. The molecule has 0 aromatic carbocycles. The number of rotatable bonds is 3. The Morgan fingerprint density at radius 2 is 2.38 bits per heavy atom. The third-order valence-corrected chi connectivity index (χ3v) is 4.69. The average Bonchev–Trinajstić information content (AvgIpc) is 2.70. The lowest BCUT2D eigenvalue weighted by Crippen LogP contribution is -2.43. The van der Waals surface area contributed by atoms with Crippen molar-refractivity contribution >= 4 is 11.8 Å². The van der Waals surface area contributed by atoms with E-state index in [4.69, 9.17) is 0 Å². The molecule has 4 heteroatoms. The number of H-pyrrole nitrogens is 1. The summed E-state index contributed by atoms with van der Waals surface area (Å²) in [6.07, 6.45) is 7.55. The first-order valence-corrected chi connectivity index (χ1v) is 6.82. The van der Waals surface area contributed by atoms with Crippen molar-refractivity contribution < 1.29 is 0 Å². The van der Waals surface area contributed by atoms with Gasteiger partial charge in [0.15, 0.2) is 5.16 Å². The number of imidazole rings is 1. The van der Waals surface area contributed by atoms with Crippen LogP contribution in [0.2, 0.25) is 0 Å². The molecule has 1 fully saturated rings. The minimum absolute atomic E-state index is 0.470. The largest absolute Gasteiger partial charge is 0.340 e. The number of hydrogen-bond donors (Lipinski definition) is 2. The first-order chi connectivity index (χ1) is 7.61. The maximum absolute atomic E-state index is 4.31. The maximum Gasteiger partial charge on any atom is 0.165 e. The number of nitrogens with zero attached hydrogens (tertiary/aromatic N) is 1. The van der Waals surface area contributed by atoms with Crippen molar-refractivity contribution in [2.24, 2.45) is 5.41 Å². The van der Waals surface area contributed by atoms with Crippen LogP contribution < -0.4 is 5.32 Å². The lowest BCUT2D eigenvalue weighted by atomic mass is 9.75. The summed E-state index contributed by atoms with van der Waals surface area (Å²) in [6, 6.07) is 0.614. The molecule has 0 saturated heterocycles. The quantitative estimate of drug-likeness (QED) is 0.852. The van der Waals surface area contributed by atoms with Crippen LogP contribution in [0.15, 0.2) is 17.6 Å². The first kappa shape index (κ1) is 12.0. The Kier molecular flexibility index (Phi) is 3.60. The highest BCUT2D eigenvalue weighted by Gasteiger charge is 2.35. The molecule has 1 heterocycles. The van der Waals surface area contributed by atoms with Gasteiger partial charge < -0.3 is 10.3 Å². The fraction of sp³-hybridized carbons (Fsp3) is 0.750. The van der Waals surface area contributed by atoms with E-state index in [1.165, 1.54) is 19.3 Å². The summed E-state index contributed by atoms with van der Waals surface area (Å²) in [5.41, 5.74) is 0.470. The van der Waals surface area contributed by atoms with Crippen LogP contribution in [0.25, 0.3) is 0 Å². The highest BCUT2D eigenvalue weighted by Crippen LogP contribution is 2.41. The molecular weight excluding hydrogens is 218 g/mol. The van der Waals surface area contributed by atoms with Gasteiger partial charge in [-0.1, -0.05) is 25.6 Å². The number of hydrogen-bond acceptors (Lipinski definition) is 3. The van der Waals surface area contributed by atoms with Crippen LogP contribution in [0.5, 0.6) is 0 Å². The van der Waals surface area contributed by atoms with Crippen molar-refractivity contribution in [3.8, 4) is 0 Å². The van der Waals surface area contributed by atoms with Gasteiger partial charge in [-0.25, -0.2) is 4.98 Å². The molecule has 1 aromatic heterocycles. The molecule has 2 rings (SSSR count). The van der Waals surface area contributed by atoms with Gasteiger partial charge in [-0.05, 0) is 31.7 Å². The van der Waals surface area contributed by atoms with Crippen LogP contribution in [0.1, 0.15) is 33.1 Å². The molecule has 2 atom stereocenters. The maximum atomic E-state index is 4.31. The zero-order valence-corrected chi connectivity index (χ0v) is 11.1. The topological polar surface area (TPSA) is 40.7 Å². The van der Waals surface area contributed by atoms with Crippen LogP contribution in [0.4, 0.5) is 0 Å². The first-order valence-electron chi connectivity index (χ1n) is 5.94. The van der Waals surface area contributed by atoms with Gasteiger partial charge in [-0.15, -0.1) is 0 Å². The molecule has 1 saturated carbocycles. The van der Waals surface area contributed by atoms with E-state index >= 15 is 0 Å². The van der Waals surface area contributed by atoms with Crippen molar-refractivity contribution in [2.75, 3.05) is 7.05 Å². The molecule has 1 aliphatic rings. The number of aromatic nitrogens is 2. The molecule has 1 aliphatic carbocycles. The summed E-state index contributed by atoms with van der Waals surface area (Å²) >= 11 is 1.88. The van der Waals surface area contributed by atoms with Crippen molar-refractivity contribution in [2.45, 2.75) is 49.6 Å². The summed E-state index contributed by atoms with van der Waals surface area (Å²) in [5, 5.41) is 5.11. The molecule has 1 aromatic rings. The monoisotopic (exact) mass is 239 g/mol. The second-order valence-corrected chi connectivity index (χ2v) is 6.58. The van der Waals surface area contributed by atoms with Crippen LogP contribution in [0, 0.1) is 5.41 Å². The fourth-order valence-corrected chi connectivity index (χ4v) is 3.95. The Hall–Kier alpha value is -0.480. The highest BCUT2D eigenvalue weighted by atomic mass is 32.2. The summed E-state index contributed by atoms with van der Waals surface area (Å²) in [4.78, 5) is 7.49. The van der Waals surface area contributed by atoms with E-state index in [9.17, 15) is 0 Å². The predicted molar refractivity (Wildman–Crippen MR) is 68.7 cm³/mol. The highest BCUT2D eigenvalue weighted by molar-refractivity contribution is 7.99. The minimum Gasteiger partial charge on any atom is -0.340 e. The average molecular weight is 239 g/mol. The van der Waals surface area contributed by atoms with Gasteiger partial charge in [0.1, 0.15) is 0 Å². The molecule has 0 aliphatic heterocycles. The van der Waals surface area contributed by atoms with Crippen molar-refractivity contribution in [1.29, 1.82) is 0 Å². The van der Waals surface area contributed by atoms with Crippen LogP contribution in [0.3, 0.4) is 0 Å². The molecule has 0 radical (unpaired) electrons. The molecular formula is C12H21N3S. The van der Waals surface area contributed by atoms with Gasteiger partial charge in [0, 0.05) is 23.7 Å². The van der Waals surface area contributed by atoms with Gasteiger partial charge in [0.05, 0.1) is 0 Å².